The molecule has 1 aromatic heterocycles. The second kappa shape index (κ2) is 6.02. The molecule has 0 aromatic carbocycles. The van der Waals surface area contributed by atoms with E-state index >= 15 is 0 Å². The highest BCUT2D eigenvalue weighted by molar-refractivity contribution is 8.14. The molecule has 0 bridgehead atoms. The van der Waals surface area contributed by atoms with Gasteiger partial charge in [-0.1, -0.05) is 23.5 Å². The van der Waals surface area contributed by atoms with Crippen molar-refractivity contribution in [2.45, 2.75) is 11.2 Å². The van der Waals surface area contributed by atoms with Gasteiger partial charge in [0.05, 0.1) is 17.5 Å². The molecule has 2 aliphatic heterocycles. The number of nitrogens with zero attached hydrogens (tertiary/aromatic N) is 4. The second-order valence-electron chi connectivity index (χ2n) is 4.59. The first kappa shape index (κ1) is 14.3. The van der Waals surface area contributed by atoms with Crippen LogP contribution in [0.4, 0.5) is 4.79 Å². The van der Waals surface area contributed by atoms with E-state index in [0.717, 1.165) is 11.8 Å². The second-order valence-corrected chi connectivity index (χ2v) is 6.46. The summed E-state index contributed by atoms with van der Waals surface area (Å²) < 4.78 is 0. The highest BCUT2D eigenvalue weighted by atomic mass is 32.2. The molecule has 21 heavy (non-hydrogen) atoms. The van der Waals surface area contributed by atoms with Gasteiger partial charge in [0.25, 0.3) is 5.24 Å². The number of imide groups is 1. The molecule has 0 radical (unpaired) electrons. The van der Waals surface area contributed by atoms with E-state index in [9.17, 15) is 14.4 Å². The van der Waals surface area contributed by atoms with Crippen LogP contribution < -0.4 is 0 Å². The Morgan fingerprint density at radius 3 is 2.67 bits per heavy atom. The predicted octanol–water partition coefficient (Wildman–Crippen LogP) is 0.475. The van der Waals surface area contributed by atoms with Gasteiger partial charge >= 0.3 is 0 Å². The lowest BCUT2D eigenvalue weighted by Gasteiger charge is -2.42. The van der Waals surface area contributed by atoms with Crippen LogP contribution in [0.5, 0.6) is 0 Å². The summed E-state index contributed by atoms with van der Waals surface area (Å²) in [4.78, 5) is 46.1. The van der Waals surface area contributed by atoms with Crippen LogP contribution in [0.2, 0.25) is 0 Å². The Hall–Kier alpha value is -1.61. The Labute approximate surface area is 129 Å². The number of likely N-dealkylation sites (tertiary alicyclic amines) is 1. The Bertz CT molecular complexity index is 561. The average molecular weight is 324 g/mol. The topological polar surface area (TPSA) is 83.5 Å². The van der Waals surface area contributed by atoms with Gasteiger partial charge in [-0.25, -0.2) is 9.97 Å². The number of amides is 3. The minimum Gasteiger partial charge on any atom is -0.338 e. The van der Waals surface area contributed by atoms with Crippen molar-refractivity contribution in [1.82, 2.24) is 19.8 Å². The molecule has 3 heterocycles. The fourth-order valence-electron chi connectivity index (χ4n) is 2.12. The van der Waals surface area contributed by atoms with E-state index in [1.807, 2.05) is 0 Å². The van der Waals surface area contributed by atoms with Gasteiger partial charge in [-0.15, -0.1) is 0 Å². The molecule has 3 rings (SSSR count). The monoisotopic (exact) mass is 324 g/mol. The third-order valence-electron chi connectivity index (χ3n) is 3.23. The van der Waals surface area contributed by atoms with Crippen LogP contribution in [-0.4, -0.2) is 67.5 Å². The van der Waals surface area contributed by atoms with Crippen LogP contribution >= 0.6 is 23.5 Å². The van der Waals surface area contributed by atoms with Gasteiger partial charge < -0.3 is 4.90 Å². The Kier molecular flexibility index (Phi) is 4.11. The lowest BCUT2D eigenvalue weighted by molar-refractivity contribution is -0.139. The first-order valence-corrected chi connectivity index (χ1v) is 8.28. The number of carbonyl (C=O) groups excluding carboxylic acids is 3. The maximum atomic E-state index is 12.0. The normalized spacial score (nSPS) is 19.0. The summed E-state index contributed by atoms with van der Waals surface area (Å²) in [5.74, 6) is 0.280. The summed E-state index contributed by atoms with van der Waals surface area (Å²) in [5.41, 5.74) is 0. The molecule has 0 saturated carbocycles. The molecule has 7 nitrogen and oxygen atoms in total. The number of thioether (sulfide) groups is 2. The van der Waals surface area contributed by atoms with Crippen LogP contribution in [0.15, 0.2) is 23.6 Å². The molecule has 110 valence electrons. The van der Waals surface area contributed by atoms with Crippen LogP contribution in [0.3, 0.4) is 0 Å². The van der Waals surface area contributed by atoms with Crippen molar-refractivity contribution < 1.29 is 14.4 Å². The summed E-state index contributed by atoms with van der Waals surface area (Å²) in [6.07, 6.45) is 3.25. The van der Waals surface area contributed by atoms with Crippen molar-refractivity contribution in [3.8, 4) is 0 Å². The molecule has 0 atom stereocenters. The van der Waals surface area contributed by atoms with Crippen molar-refractivity contribution in [2.75, 3.05) is 24.6 Å². The summed E-state index contributed by atoms with van der Waals surface area (Å²) in [6, 6.07) is 1.55. The zero-order valence-corrected chi connectivity index (χ0v) is 12.6. The molecule has 0 N–H and O–H groups in total. The minimum absolute atomic E-state index is 0.0320. The van der Waals surface area contributed by atoms with E-state index in [0.29, 0.717) is 18.2 Å². The quantitative estimate of drug-likeness (QED) is 0.588. The van der Waals surface area contributed by atoms with Crippen molar-refractivity contribution in [1.29, 1.82) is 0 Å². The molecule has 2 aliphatic rings. The molecule has 0 aliphatic carbocycles. The highest BCUT2D eigenvalue weighted by Gasteiger charge is 2.43. The van der Waals surface area contributed by atoms with E-state index in [4.69, 9.17) is 0 Å². The van der Waals surface area contributed by atoms with Crippen molar-refractivity contribution in [3.05, 3.63) is 18.5 Å². The Morgan fingerprint density at radius 2 is 2.05 bits per heavy atom. The molecule has 2 fully saturated rings. The largest absolute Gasteiger partial charge is 0.338 e. The lowest BCUT2D eigenvalue weighted by atomic mass is 10.1. The summed E-state index contributed by atoms with van der Waals surface area (Å²) >= 11 is 2.30. The van der Waals surface area contributed by atoms with Crippen molar-refractivity contribution in [2.24, 2.45) is 0 Å². The SMILES string of the molecule is O=C(CSc1ncccn1)N1CC(N2C(=O)CSC2=O)C1. The lowest BCUT2D eigenvalue weighted by Crippen LogP contribution is -2.62. The summed E-state index contributed by atoms with van der Waals surface area (Å²) in [5, 5.41) is 0.355. The third kappa shape index (κ3) is 3.03. The van der Waals surface area contributed by atoms with Crippen LogP contribution in [0.1, 0.15) is 0 Å². The van der Waals surface area contributed by atoms with Crippen LogP contribution in [0, 0.1) is 0 Å². The van der Waals surface area contributed by atoms with Gasteiger partial charge in [0.1, 0.15) is 0 Å². The van der Waals surface area contributed by atoms with Crippen molar-refractivity contribution in [3.63, 3.8) is 0 Å². The fourth-order valence-corrected chi connectivity index (χ4v) is 3.60. The van der Waals surface area contributed by atoms with Crippen molar-refractivity contribution >= 4 is 40.6 Å². The summed E-state index contributed by atoms with van der Waals surface area (Å²) in [7, 11) is 0. The molecule has 2 saturated heterocycles. The zero-order chi connectivity index (χ0) is 14.8. The molecule has 0 spiro atoms. The number of hydrogen-bond acceptors (Lipinski definition) is 7. The third-order valence-corrected chi connectivity index (χ3v) is 4.93. The van der Waals surface area contributed by atoms with Gasteiger partial charge in [-0.3, -0.25) is 19.3 Å². The molecule has 3 amide bonds. The minimum atomic E-state index is -0.204. The number of carbonyl (C=O) groups is 3. The smallest absolute Gasteiger partial charge is 0.289 e. The number of hydrogen-bond donors (Lipinski definition) is 0. The van der Waals surface area contributed by atoms with Gasteiger partial charge in [-0.05, 0) is 6.07 Å². The van der Waals surface area contributed by atoms with Gasteiger partial charge in [-0.2, -0.15) is 0 Å². The Balaban J connectivity index is 1.46. The first-order valence-electron chi connectivity index (χ1n) is 6.31. The van der Waals surface area contributed by atoms with E-state index in [-0.39, 0.29) is 34.6 Å². The first-order chi connectivity index (χ1) is 10.1. The molecular weight excluding hydrogens is 312 g/mol. The van der Waals surface area contributed by atoms with Gasteiger partial charge in [0, 0.05) is 25.5 Å². The number of rotatable bonds is 4. The van der Waals surface area contributed by atoms with Crippen LogP contribution in [0.25, 0.3) is 0 Å². The van der Waals surface area contributed by atoms with E-state index in [2.05, 4.69) is 9.97 Å². The summed E-state index contributed by atoms with van der Waals surface area (Å²) in [6.45, 7) is 0.847. The molecule has 0 unspecified atom stereocenters. The molecule has 1 aromatic rings. The zero-order valence-electron chi connectivity index (χ0n) is 11.0. The van der Waals surface area contributed by atoms with Gasteiger partial charge in [0.2, 0.25) is 11.8 Å². The maximum absolute atomic E-state index is 12.0. The predicted molar refractivity (Wildman–Crippen MR) is 77.8 cm³/mol. The van der Waals surface area contributed by atoms with E-state index in [1.165, 1.54) is 16.7 Å². The van der Waals surface area contributed by atoms with Crippen LogP contribution in [-0.2, 0) is 9.59 Å². The molecular formula is C12H12N4O3S2. The highest BCUT2D eigenvalue weighted by Crippen LogP contribution is 2.26. The maximum Gasteiger partial charge on any atom is 0.289 e. The standard InChI is InChI=1S/C12H12N4O3S2/c17-9(6-20-11-13-2-1-3-14-11)15-4-8(5-15)16-10(18)7-21-12(16)19/h1-3,8H,4-7H2. The fraction of sp³-hybridized carbons (Fsp3) is 0.417. The van der Waals surface area contributed by atoms with E-state index in [1.54, 1.807) is 23.4 Å². The van der Waals surface area contributed by atoms with E-state index < -0.39 is 0 Å². The Morgan fingerprint density at radius 1 is 1.33 bits per heavy atom. The number of aromatic nitrogens is 2. The molecule has 9 heteroatoms. The van der Waals surface area contributed by atoms with Gasteiger partial charge in [0.15, 0.2) is 5.16 Å². The average Bonchev–Trinajstić information content (AvgIpc) is 2.77.